The molecule has 0 unspecified atom stereocenters. The lowest BCUT2D eigenvalue weighted by molar-refractivity contribution is 0.0756. The molecule has 2 aromatic carbocycles. The molecular formula is C24H27N3O2S. The van der Waals surface area contributed by atoms with Crippen molar-refractivity contribution in [2.75, 3.05) is 32.8 Å². The Morgan fingerprint density at radius 3 is 2.60 bits per heavy atom. The van der Waals surface area contributed by atoms with Crippen LogP contribution in [0.2, 0.25) is 0 Å². The number of nitrogens with zero attached hydrogens (tertiary/aromatic N) is 3. The van der Waals surface area contributed by atoms with Gasteiger partial charge in [-0.05, 0) is 43.2 Å². The van der Waals surface area contributed by atoms with Crippen molar-refractivity contribution in [2.45, 2.75) is 19.9 Å². The second-order valence-electron chi connectivity index (χ2n) is 7.40. The van der Waals surface area contributed by atoms with Crippen LogP contribution in [0, 0.1) is 0 Å². The molecule has 1 saturated heterocycles. The van der Waals surface area contributed by atoms with E-state index < -0.39 is 0 Å². The first-order valence-electron chi connectivity index (χ1n) is 10.5. The van der Waals surface area contributed by atoms with E-state index in [-0.39, 0.29) is 5.91 Å². The molecule has 6 heteroatoms. The van der Waals surface area contributed by atoms with Gasteiger partial charge in [0.25, 0.3) is 5.91 Å². The maximum Gasteiger partial charge on any atom is 0.273 e. The highest BCUT2D eigenvalue weighted by molar-refractivity contribution is 7.13. The van der Waals surface area contributed by atoms with Crippen molar-refractivity contribution in [1.29, 1.82) is 0 Å². The summed E-state index contributed by atoms with van der Waals surface area (Å²) in [6.45, 7) is 6.96. The Labute approximate surface area is 181 Å². The van der Waals surface area contributed by atoms with E-state index in [0.29, 0.717) is 12.3 Å². The molecule has 30 heavy (non-hydrogen) atoms. The lowest BCUT2D eigenvalue weighted by Gasteiger charge is -2.21. The molecule has 0 radical (unpaired) electrons. The van der Waals surface area contributed by atoms with Crippen LogP contribution in [-0.4, -0.2) is 53.5 Å². The van der Waals surface area contributed by atoms with E-state index in [2.05, 4.69) is 34.1 Å². The molecule has 1 aliphatic heterocycles. The average Bonchev–Trinajstić information content (AvgIpc) is 3.16. The van der Waals surface area contributed by atoms with Crippen molar-refractivity contribution in [1.82, 2.24) is 14.8 Å². The Hall–Kier alpha value is -2.70. The predicted octanol–water partition coefficient (Wildman–Crippen LogP) is 4.56. The molecule has 1 aliphatic rings. The third-order valence-electron chi connectivity index (χ3n) is 5.26. The highest BCUT2D eigenvalue weighted by Gasteiger charge is 2.22. The molecule has 0 atom stereocenters. The summed E-state index contributed by atoms with van der Waals surface area (Å²) in [6.07, 6.45) is 0.981. The number of carbonyl (C=O) groups excluding carboxylic acids is 1. The first kappa shape index (κ1) is 20.6. The molecule has 4 rings (SSSR count). The van der Waals surface area contributed by atoms with E-state index in [1.54, 1.807) is 0 Å². The Bertz CT molecular complexity index is 956. The van der Waals surface area contributed by atoms with Crippen LogP contribution in [-0.2, 0) is 6.54 Å². The minimum Gasteiger partial charge on any atom is -0.494 e. The van der Waals surface area contributed by atoms with Crippen LogP contribution < -0.4 is 4.74 Å². The van der Waals surface area contributed by atoms with Crippen LogP contribution in [0.4, 0.5) is 0 Å². The van der Waals surface area contributed by atoms with Gasteiger partial charge in [-0.15, -0.1) is 11.3 Å². The van der Waals surface area contributed by atoms with Crippen LogP contribution in [0.3, 0.4) is 0 Å². The number of aromatic nitrogens is 1. The minimum atomic E-state index is 0.0324. The SMILES string of the molecule is CCOc1ccc(-c2nc(C(=O)N3CCCN(Cc4ccccc4)CC3)cs2)cc1. The van der Waals surface area contributed by atoms with Crippen molar-refractivity contribution >= 4 is 17.2 Å². The molecule has 0 bridgehead atoms. The monoisotopic (exact) mass is 421 g/mol. The molecule has 0 N–H and O–H groups in total. The zero-order valence-electron chi connectivity index (χ0n) is 17.3. The lowest BCUT2D eigenvalue weighted by Crippen LogP contribution is -2.35. The summed E-state index contributed by atoms with van der Waals surface area (Å²) >= 11 is 1.51. The predicted molar refractivity (Wildman–Crippen MR) is 121 cm³/mol. The standard InChI is InChI=1S/C24H27N3O2S/c1-2-29-21-11-9-20(10-12-21)23-25-22(18-30-23)24(28)27-14-6-13-26(15-16-27)17-19-7-4-3-5-8-19/h3-5,7-12,18H,2,6,13-17H2,1H3. The molecule has 1 aromatic heterocycles. The van der Waals surface area contributed by atoms with Gasteiger partial charge >= 0.3 is 0 Å². The quantitative estimate of drug-likeness (QED) is 0.585. The summed E-state index contributed by atoms with van der Waals surface area (Å²) in [5, 5.41) is 2.74. The first-order valence-corrected chi connectivity index (χ1v) is 11.3. The normalized spacial score (nSPS) is 15.0. The van der Waals surface area contributed by atoms with Gasteiger partial charge in [-0.1, -0.05) is 30.3 Å². The molecule has 3 aromatic rings. The second kappa shape index (κ2) is 9.87. The smallest absolute Gasteiger partial charge is 0.273 e. The van der Waals surface area contributed by atoms with Crippen molar-refractivity contribution in [3.8, 4) is 16.3 Å². The molecule has 0 spiro atoms. The summed E-state index contributed by atoms with van der Waals surface area (Å²) in [6, 6.07) is 18.4. The van der Waals surface area contributed by atoms with Gasteiger partial charge in [0, 0.05) is 43.7 Å². The van der Waals surface area contributed by atoms with Crippen molar-refractivity contribution in [2.24, 2.45) is 0 Å². The Kier molecular flexibility index (Phi) is 6.77. The lowest BCUT2D eigenvalue weighted by atomic mass is 10.2. The van der Waals surface area contributed by atoms with Crippen LogP contribution >= 0.6 is 11.3 Å². The summed E-state index contributed by atoms with van der Waals surface area (Å²) in [5.74, 6) is 0.878. The number of hydrogen-bond acceptors (Lipinski definition) is 5. The topological polar surface area (TPSA) is 45.7 Å². The maximum atomic E-state index is 13.0. The van der Waals surface area contributed by atoms with Gasteiger partial charge in [0.1, 0.15) is 16.5 Å². The molecular weight excluding hydrogens is 394 g/mol. The number of amides is 1. The first-order chi connectivity index (χ1) is 14.7. The largest absolute Gasteiger partial charge is 0.494 e. The molecule has 0 saturated carbocycles. The Balaban J connectivity index is 1.37. The van der Waals surface area contributed by atoms with Crippen LogP contribution in [0.15, 0.2) is 60.0 Å². The molecule has 156 valence electrons. The van der Waals surface area contributed by atoms with E-state index in [4.69, 9.17) is 4.74 Å². The van der Waals surface area contributed by atoms with E-state index in [0.717, 1.165) is 55.5 Å². The molecule has 2 heterocycles. The number of rotatable bonds is 6. The van der Waals surface area contributed by atoms with Gasteiger partial charge in [0.05, 0.1) is 6.61 Å². The van der Waals surface area contributed by atoms with Gasteiger partial charge in [-0.2, -0.15) is 0 Å². The summed E-state index contributed by atoms with van der Waals surface area (Å²) in [4.78, 5) is 22.0. The summed E-state index contributed by atoms with van der Waals surface area (Å²) < 4.78 is 5.50. The van der Waals surface area contributed by atoms with Crippen LogP contribution in [0.1, 0.15) is 29.4 Å². The van der Waals surface area contributed by atoms with E-state index in [1.807, 2.05) is 47.5 Å². The zero-order valence-corrected chi connectivity index (χ0v) is 18.1. The fourth-order valence-electron chi connectivity index (χ4n) is 3.70. The van der Waals surface area contributed by atoms with Crippen molar-refractivity contribution in [3.05, 3.63) is 71.2 Å². The minimum absolute atomic E-state index is 0.0324. The van der Waals surface area contributed by atoms with Gasteiger partial charge in [0.15, 0.2) is 0 Å². The highest BCUT2D eigenvalue weighted by atomic mass is 32.1. The second-order valence-corrected chi connectivity index (χ2v) is 8.26. The fourth-order valence-corrected chi connectivity index (χ4v) is 4.50. The zero-order chi connectivity index (χ0) is 20.8. The molecule has 5 nitrogen and oxygen atoms in total. The fraction of sp³-hybridized carbons (Fsp3) is 0.333. The summed E-state index contributed by atoms with van der Waals surface area (Å²) in [7, 11) is 0. The summed E-state index contributed by atoms with van der Waals surface area (Å²) in [5.41, 5.74) is 2.87. The third-order valence-corrected chi connectivity index (χ3v) is 6.15. The Morgan fingerprint density at radius 2 is 1.83 bits per heavy atom. The van der Waals surface area contributed by atoms with Crippen molar-refractivity contribution < 1.29 is 9.53 Å². The third kappa shape index (κ3) is 5.07. The maximum absolute atomic E-state index is 13.0. The van der Waals surface area contributed by atoms with Crippen LogP contribution in [0.25, 0.3) is 10.6 Å². The number of benzene rings is 2. The van der Waals surface area contributed by atoms with Gasteiger partial charge in [0.2, 0.25) is 0 Å². The number of hydrogen-bond donors (Lipinski definition) is 0. The van der Waals surface area contributed by atoms with E-state index in [9.17, 15) is 4.79 Å². The van der Waals surface area contributed by atoms with Crippen molar-refractivity contribution in [3.63, 3.8) is 0 Å². The molecule has 1 amide bonds. The molecule has 1 fully saturated rings. The number of thiazole rings is 1. The van der Waals surface area contributed by atoms with Gasteiger partial charge < -0.3 is 9.64 Å². The van der Waals surface area contributed by atoms with E-state index >= 15 is 0 Å². The number of carbonyl (C=O) groups is 1. The van der Waals surface area contributed by atoms with E-state index in [1.165, 1.54) is 16.9 Å². The average molecular weight is 422 g/mol. The van der Waals surface area contributed by atoms with Crippen LogP contribution in [0.5, 0.6) is 5.75 Å². The number of ether oxygens (including phenoxy) is 1. The van der Waals surface area contributed by atoms with Gasteiger partial charge in [-0.3, -0.25) is 9.69 Å². The Morgan fingerprint density at radius 1 is 1.03 bits per heavy atom. The highest BCUT2D eigenvalue weighted by Crippen LogP contribution is 2.26. The van der Waals surface area contributed by atoms with Gasteiger partial charge in [-0.25, -0.2) is 4.98 Å². The molecule has 0 aliphatic carbocycles.